The maximum absolute atomic E-state index is 13.2. The number of carbonyl (C=O) groups excluding carboxylic acids is 2. The Hall–Kier alpha value is -3.10. The van der Waals surface area contributed by atoms with Crippen molar-refractivity contribution in [2.45, 2.75) is 58.8 Å². The Morgan fingerprint density at radius 1 is 1.00 bits per heavy atom. The molecule has 3 aromatic rings. The number of aryl methyl sites for hydroxylation is 1. The Morgan fingerprint density at radius 3 is 2.31 bits per heavy atom. The summed E-state index contributed by atoms with van der Waals surface area (Å²) in [5, 5.41) is 10.2. The van der Waals surface area contributed by atoms with Crippen LogP contribution in [0.25, 0.3) is 5.69 Å². The first kappa shape index (κ1) is 27.5. The van der Waals surface area contributed by atoms with Crippen LogP contribution in [-0.4, -0.2) is 38.9 Å². The van der Waals surface area contributed by atoms with Gasteiger partial charge in [0.1, 0.15) is 6.26 Å². The van der Waals surface area contributed by atoms with Crippen LogP contribution in [0.5, 0.6) is 0 Å². The lowest BCUT2D eigenvalue weighted by Gasteiger charge is -2.21. The van der Waals surface area contributed by atoms with E-state index in [0.29, 0.717) is 33.9 Å². The second kappa shape index (κ2) is 10.5. The first-order chi connectivity index (χ1) is 16.7. The molecule has 0 bridgehead atoms. The summed E-state index contributed by atoms with van der Waals surface area (Å²) in [6.07, 6.45) is 4.77. The monoisotopic (exact) mass is 508 g/mol. The number of rotatable bonds is 6. The van der Waals surface area contributed by atoms with Gasteiger partial charge in [0.2, 0.25) is 0 Å². The van der Waals surface area contributed by atoms with Crippen LogP contribution < -0.4 is 10.6 Å². The minimum Gasteiger partial charge on any atom is -0.612 e. The molecule has 0 aliphatic carbocycles. The van der Waals surface area contributed by atoms with Gasteiger partial charge in [0.25, 0.3) is 11.8 Å². The molecule has 0 aliphatic heterocycles. The molecular weight excluding hydrogens is 472 g/mol. The van der Waals surface area contributed by atoms with Crippen molar-refractivity contribution < 1.29 is 14.1 Å². The van der Waals surface area contributed by atoms with Crippen LogP contribution in [0.4, 0.5) is 5.69 Å². The molecule has 1 atom stereocenters. The van der Waals surface area contributed by atoms with Crippen molar-refractivity contribution in [3.05, 3.63) is 71.0 Å². The van der Waals surface area contributed by atoms with Crippen LogP contribution in [0.1, 0.15) is 73.4 Å². The quantitative estimate of drug-likeness (QED) is 0.445. The summed E-state index contributed by atoms with van der Waals surface area (Å²) in [4.78, 5) is 26.3. The first-order valence-corrected chi connectivity index (χ1v) is 13.4. The van der Waals surface area contributed by atoms with Crippen molar-refractivity contribution in [2.24, 2.45) is 5.41 Å². The minimum atomic E-state index is -1.26. The molecule has 0 unspecified atom stereocenters. The van der Waals surface area contributed by atoms with E-state index in [1.807, 2.05) is 31.2 Å². The van der Waals surface area contributed by atoms with E-state index in [4.69, 9.17) is 0 Å². The molecule has 0 saturated heterocycles. The molecule has 2 amide bonds. The summed E-state index contributed by atoms with van der Waals surface area (Å²) in [6.45, 7) is 14.9. The molecule has 1 heterocycles. The fraction of sp³-hybridized carbons (Fsp3) is 0.393. The molecule has 8 heteroatoms. The average Bonchev–Trinajstić information content (AvgIpc) is 3.26. The smallest absolute Gasteiger partial charge is 0.255 e. The highest BCUT2D eigenvalue weighted by Crippen LogP contribution is 2.30. The fourth-order valence-corrected chi connectivity index (χ4v) is 4.24. The largest absolute Gasteiger partial charge is 0.612 e. The first-order valence-electron chi connectivity index (χ1n) is 11.9. The lowest BCUT2D eigenvalue weighted by Crippen LogP contribution is -2.32. The number of benzene rings is 2. The summed E-state index contributed by atoms with van der Waals surface area (Å²) < 4.78 is 13.9. The van der Waals surface area contributed by atoms with E-state index in [0.717, 1.165) is 11.1 Å². The van der Waals surface area contributed by atoms with Crippen LogP contribution in [0.3, 0.4) is 0 Å². The maximum Gasteiger partial charge on any atom is 0.255 e. The highest BCUT2D eigenvalue weighted by molar-refractivity contribution is 7.90. The average molecular weight is 509 g/mol. The van der Waals surface area contributed by atoms with Crippen LogP contribution in [0.2, 0.25) is 0 Å². The molecule has 1 aromatic heterocycles. The Labute approximate surface area is 216 Å². The van der Waals surface area contributed by atoms with Gasteiger partial charge in [-0.05, 0) is 64.3 Å². The van der Waals surface area contributed by atoms with Crippen molar-refractivity contribution in [2.75, 3.05) is 18.1 Å². The number of hydrogen-bond acceptors (Lipinski definition) is 4. The second-order valence-corrected chi connectivity index (χ2v) is 12.6. The van der Waals surface area contributed by atoms with Crippen molar-refractivity contribution in [3.8, 4) is 5.69 Å². The van der Waals surface area contributed by atoms with Gasteiger partial charge >= 0.3 is 0 Å². The van der Waals surface area contributed by atoms with E-state index in [1.165, 1.54) is 6.20 Å². The SMILES string of the molecule is Cc1ccc(C(=O)Nc2cc(C(C)(C)C)ccc2[S@+](C)[O-])cc1-n1cc(C(=O)NCC(C)(C)C)cn1. The Balaban J connectivity index is 1.87. The Bertz CT molecular complexity index is 1270. The van der Waals surface area contributed by atoms with Gasteiger partial charge in [-0.15, -0.1) is 0 Å². The van der Waals surface area contributed by atoms with Gasteiger partial charge in [0.05, 0.1) is 23.1 Å². The van der Waals surface area contributed by atoms with Gasteiger partial charge in [-0.25, -0.2) is 4.68 Å². The van der Waals surface area contributed by atoms with Crippen LogP contribution in [-0.2, 0) is 16.6 Å². The molecule has 2 aromatic carbocycles. The Morgan fingerprint density at radius 2 is 1.69 bits per heavy atom. The maximum atomic E-state index is 13.2. The molecule has 0 spiro atoms. The molecule has 7 nitrogen and oxygen atoms in total. The molecule has 0 radical (unpaired) electrons. The van der Waals surface area contributed by atoms with Crippen LogP contribution in [0, 0.1) is 12.3 Å². The summed E-state index contributed by atoms with van der Waals surface area (Å²) in [6, 6.07) is 11.0. The third kappa shape index (κ3) is 6.77. The number of nitrogens with one attached hydrogen (secondary N) is 2. The predicted molar refractivity (Wildman–Crippen MR) is 146 cm³/mol. The lowest BCUT2D eigenvalue weighted by molar-refractivity contribution is 0.0938. The number of aromatic nitrogens is 2. The standard InChI is InChI=1S/C28H36N4O3S/c1-18-9-10-19(13-23(18)32-16-20(15-30-32)25(33)29-17-27(2,3)4)26(34)31-22-14-21(28(5,6)7)11-12-24(22)36(8)35/h9-16H,17H2,1-8H3,(H,29,33)(H,31,34)/t36-/m0/s1. The van der Waals surface area contributed by atoms with E-state index >= 15 is 0 Å². The zero-order chi connectivity index (χ0) is 26.8. The molecule has 192 valence electrons. The highest BCUT2D eigenvalue weighted by Gasteiger charge is 2.21. The number of amides is 2. The molecule has 0 aliphatic rings. The van der Waals surface area contributed by atoms with Crippen molar-refractivity contribution >= 4 is 28.7 Å². The summed E-state index contributed by atoms with van der Waals surface area (Å²) in [5.41, 5.74) is 3.89. The van der Waals surface area contributed by atoms with E-state index in [1.54, 1.807) is 29.3 Å². The normalized spacial score (nSPS) is 12.8. The molecule has 36 heavy (non-hydrogen) atoms. The topological polar surface area (TPSA) is 99.1 Å². The van der Waals surface area contributed by atoms with Crippen molar-refractivity contribution in [1.29, 1.82) is 0 Å². The molecular formula is C28H36N4O3S. The molecule has 0 saturated carbocycles. The van der Waals surface area contributed by atoms with Crippen molar-refractivity contribution in [1.82, 2.24) is 15.1 Å². The number of carbonyl (C=O) groups is 2. The molecule has 0 fully saturated rings. The number of hydrogen-bond donors (Lipinski definition) is 2. The Kier molecular flexibility index (Phi) is 8.00. The van der Waals surface area contributed by atoms with Gasteiger partial charge in [0, 0.05) is 18.3 Å². The van der Waals surface area contributed by atoms with E-state index in [9.17, 15) is 14.1 Å². The predicted octanol–water partition coefficient (Wildman–Crippen LogP) is 5.24. The van der Waals surface area contributed by atoms with Gasteiger partial charge in [0.15, 0.2) is 4.90 Å². The third-order valence-corrected chi connectivity index (χ3v) is 6.72. The van der Waals surface area contributed by atoms with Crippen molar-refractivity contribution in [3.63, 3.8) is 0 Å². The fourth-order valence-electron chi connectivity index (χ4n) is 3.56. The third-order valence-electron chi connectivity index (χ3n) is 5.75. The van der Waals surface area contributed by atoms with Crippen LogP contribution in [0.15, 0.2) is 53.7 Å². The zero-order valence-corrected chi connectivity index (χ0v) is 23.2. The van der Waals surface area contributed by atoms with E-state index in [-0.39, 0.29) is 22.6 Å². The number of anilines is 1. The summed E-state index contributed by atoms with van der Waals surface area (Å²) in [7, 11) is 0. The van der Waals surface area contributed by atoms with Gasteiger partial charge in [-0.2, -0.15) is 5.10 Å². The highest BCUT2D eigenvalue weighted by atomic mass is 32.2. The lowest BCUT2D eigenvalue weighted by atomic mass is 9.87. The van der Waals surface area contributed by atoms with Crippen LogP contribution >= 0.6 is 0 Å². The zero-order valence-electron chi connectivity index (χ0n) is 22.4. The second-order valence-electron chi connectivity index (χ2n) is 11.3. The van der Waals surface area contributed by atoms with Gasteiger partial charge < -0.3 is 15.2 Å². The summed E-state index contributed by atoms with van der Waals surface area (Å²) in [5.74, 6) is -0.508. The summed E-state index contributed by atoms with van der Waals surface area (Å²) >= 11 is -1.26. The van der Waals surface area contributed by atoms with E-state index < -0.39 is 11.2 Å². The minimum absolute atomic E-state index is 0.0272. The number of nitrogens with zero attached hydrogens (tertiary/aromatic N) is 2. The molecule has 2 N–H and O–H groups in total. The van der Waals surface area contributed by atoms with E-state index in [2.05, 4.69) is 57.3 Å². The molecule has 3 rings (SSSR count). The van der Waals surface area contributed by atoms with Gasteiger partial charge in [-0.3, -0.25) is 9.59 Å². The van der Waals surface area contributed by atoms with Gasteiger partial charge in [-0.1, -0.05) is 53.7 Å².